The fourth-order valence-electron chi connectivity index (χ4n) is 3.94. The Balaban J connectivity index is 0.000000372. The summed E-state index contributed by atoms with van der Waals surface area (Å²) in [6.07, 6.45) is 8.07. The number of nitrogens with one attached hydrogen (secondary N) is 2. The third kappa shape index (κ3) is 14.7. The first-order valence-electron chi connectivity index (χ1n) is 15.9. The Morgan fingerprint density at radius 2 is 1.83 bits per heavy atom. The van der Waals surface area contributed by atoms with E-state index in [4.69, 9.17) is 14.6 Å². The van der Waals surface area contributed by atoms with E-state index in [0.29, 0.717) is 24.3 Å². The van der Waals surface area contributed by atoms with Crippen LogP contribution in [0, 0.1) is 6.92 Å². The maximum absolute atomic E-state index is 12.7. The van der Waals surface area contributed by atoms with Crippen LogP contribution in [0.5, 0.6) is 0 Å². The highest BCUT2D eigenvalue weighted by Gasteiger charge is 2.21. The van der Waals surface area contributed by atoms with Crippen molar-refractivity contribution in [3.8, 4) is 17.1 Å². The normalized spacial score (nSPS) is 11.0. The first kappa shape index (κ1) is 41.8. The summed E-state index contributed by atoms with van der Waals surface area (Å²) in [6, 6.07) is 11.5. The number of aldehydes is 1. The number of hydrogen-bond donors (Lipinski definition) is 3. The van der Waals surface area contributed by atoms with Gasteiger partial charge in [0, 0.05) is 37.8 Å². The van der Waals surface area contributed by atoms with Gasteiger partial charge in [-0.1, -0.05) is 61.6 Å². The third-order valence-corrected chi connectivity index (χ3v) is 6.80. The predicted octanol–water partition coefficient (Wildman–Crippen LogP) is 7.04. The largest absolute Gasteiger partial charge is 0.444 e. The number of halogens is 2. The number of amides is 1. The first-order valence-corrected chi connectivity index (χ1v) is 16.5. The van der Waals surface area contributed by atoms with Crippen LogP contribution < -0.4 is 10.6 Å². The molecule has 2 unspecified atom stereocenters. The molecule has 4 aromatic rings. The highest BCUT2D eigenvalue weighted by atomic mass is 31.0. The summed E-state index contributed by atoms with van der Waals surface area (Å²) >= 11 is 0. The molecule has 0 aliphatic rings. The van der Waals surface area contributed by atoms with Crippen LogP contribution in [0.2, 0.25) is 0 Å². The number of alkyl halides is 2. The molecule has 0 saturated heterocycles. The second kappa shape index (κ2) is 22.4. The summed E-state index contributed by atoms with van der Waals surface area (Å²) in [5.41, 5.74) is 2.42. The zero-order chi connectivity index (χ0) is 36.1. The van der Waals surface area contributed by atoms with Crippen molar-refractivity contribution in [2.24, 2.45) is 0 Å². The van der Waals surface area contributed by atoms with Crippen molar-refractivity contribution in [2.75, 3.05) is 43.9 Å². The Bertz CT molecular complexity index is 1470. The van der Waals surface area contributed by atoms with Crippen LogP contribution in [0.25, 0.3) is 17.1 Å². The lowest BCUT2D eigenvalue weighted by Crippen LogP contribution is -2.25. The smallest absolute Gasteiger partial charge is 0.275 e. The molecule has 3 aromatic heterocycles. The van der Waals surface area contributed by atoms with Crippen LogP contribution in [-0.4, -0.2) is 81.4 Å². The molecule has 14 heteroatoms. The fourth-order valence-corrected chi connectivity index (χ4v) is 4.04. The quantitative estimate of drug-likeness (QED) is 0.0940. The first-order chi connectivity index (χ1) is 23.0. The number of oxazole rings is 1. The highest BCUT2D eigenvalue weighted by molar-refractivity contribution is 7.18. The Hall–Kier alpha value is -4.22. The van der Waals surface area contributed by atoms with Gasteiger partial charge in [-0.05, 0) is 44.0 Å². The number of nitrogens with zero attached hydrogens (tertiary/aromatic N) is 5. The zero-order valence-electron chi connectivity index (χ0n) is 28.9. The molecule has 0 radical (unpaired) electrons. The number of aliphatic hydroxyl groups excluding tert-OH is 1. The van der Waals surface area contributed by atoms with E-state index in [1.165, 1.54) is 33.3 Å². The van der Waals surface area contributed by atoms with E-state index in [2.05, 4.69) is 71.8 Å². The van der Waals surface area contributed by atoms with Crippen LogP contribution in [0.15, 0.2) is 59.5 Å². The molecule has 1 amide bonds. The lowest BCUT2D eigenvalue weighted by Gasteiger charge is -2.13. The van der Waals surface area contributed by atoms with Gasteiger partial charge in [0.15, 0.2) is 6.29 Å². The summed E-state index contributed by atoms with van der Waals surface area (Å²) < 4.78 is 32.4. The molecular weight excluding hydrogens is 639 g/mol. The second-order valence-electron chi connectivity index (χ2n) is 10.4. The van der Waals surface area contributed by atoms with Crippen LogP contribution >= 0.6 is 9.24 Å². The average Bonchev–Trinajstić information content (AvgIpc) is 3.77. The van der Waals surface area contributed by atoms with Crippen molar-refractivity contribution >= 4 is 33.4 Å². The van der Waals surface area contributed by atoms with Gasteiger partial charge in [-0.2, -0.15) is 5.10 Å². The van der Waals surface area contributed by atoms with Crippen molar-refractivity contribution < 1.29 is 27.9 Å². The van der Waals surface area contributed by atoms with E-state index in [1.807, 2.05) is 32.5 Å². The molecular formula is C34H50F2N7O4P. The summed E-state index contributed by atoms with van der Waals surface area (Å²) in [7, 11) is 3.39. The van der Waals surface area contributed by atoms with Gasteiger partial charge in [-0.15, -0.1) is 0 Å². The average molecular weight is 690 g/mol. The number of aliphatic hydroxyl groups is 1. The summed E-state index contributed by atoms with van der Waals surface area (Å²) in [5.74, 6) is 0.967. The molecule has 0 spiro atoms. The molecule has 0 bridgehead atoms. The van der Waals surface area contributed by atoms with Crippen LogP contribution in [-0.2, 0) is 4.79 Å². The van der Waals surface area contributed by atoms with Gasteiger partial charge >= 0.3 is 0 Å². The lowest BCUT2D eigenvalue weighted by molar-refractivity contribution is -0.118. The van der Waals surface area contributed by atoms with Crippen molar-refractivity contribution in [2.45, 2.75) is 66.0 Å². The van der Waals surface area contributed by atoms with E-state index in [0.717, 1.165) is 42.9 Å². The molecule has 3 N–H and O–H groups in total. The standard InChI is InChI=1S/C15H21N3.C11H10F2N3O2P.C6H13NO2.C2H6/c1-5-12(3)15-14(16-4)10-18(17-15)13-8-6-11(2)7-9-13;12-11(13,19)6-15-9-3-7(1-2-14-9)10-16-8(4-17)5-18-10;1-2-3-7(6-9)4-5-8;1-2/h6-10,12,16H,5H2,1-4H3;1-5H,6,19H2,(H,14,15);6,8H,2-5H2,1H3;1-2H3. The minimum absolute atomic E-state index is 0.0543. The molecule has 0 saturated carbocycles. The predicted molar refractivity (Wildman–Crippen MR) is 191 cm³/mol. The molecule has 0 aliphatic carbocycles. The van der Waals surface area contributed by atoms with Gasteiger partial charge < -0.3 is 25.1 Å². The van der Waals surface area contributed by atoms with E-state index < -0.39 is 12.2 Å². The molecule has 3 heterocycles. The summed E-state index contributed by atoms with van der Waals surface area (Å²) in [5, 5.41) is 18.8. The number of benzene rings is 1. The third-order valence-electron chi connectivity index (χ3n) is 6.59. The molecule has 1 aromatic carbocycles. The van der Waals surface area contributed by atoms with E-state index in [-0.39, 0.29) is 24.0 Å². The zero-order valence-corrected chi connectivity index (χ0v) is 30.1. The van der Waals surface area contributed by atoms with E-state index in [1.54, 1.807) is 11.0 Å². The molecule has 2 atom stereocenters. The van der Waals surface area contributed by atoms with Gasteiger partial charge in [0.2, 0.25) is 12.3 Å². The van der Waals surface area contributed by atoms with Crippen molar-refractivity contribution in [3.05, 3.63) is 72.0 Å². The Kier molecular flexibility index (Phi) is 19.5. The minimum Gasteiger partial charge on any atom is -0.444 e. The van der Waals surface area contributed by atoms with Gasteiger partial charge in [0.25, 0.3) is 5.66 Å². The minimum atomic E-state index is -2.91. The van der Waals surface area contributed by atoms with Crippen LogP contribution in [0.1, 0.15) is 75.1 Å². The number of aryl methyl sites for hydroxylation is 1. The molecule has 0 fully saturated rings. The van der Waals surface area contributed by atoms with Crippen molar-refractivity contribution in [3.63, 3.8) is 0 Å². The highest BCUT2D eigenvalue weighted by Crippen LogP contribution is 2.27. The Morgan fingerprint density at radius 1 is 1.15 bits per heavy atom. The van der Waals surface area contributed by atoms with Gasteiger partial charge in [0.1, 0.15) is 17.8 Å². The van der Waals surface area contributed by atoms with Gasteiger partial charge in [-0.3, -0.25) is 9.59 Å². The van der Waals surface area contributed by atoms with Crippen LogP contribution in [0.3, 0.4) is 0 Å². The van der Waals surface area contributed by atoms with Gasteiger partial charge in [0.05, 0.1) is 36.4 Å². The number of hydrogen-bond acceptors (Lipinski definition) is 9. The topological polar surface area (TPSA) is 138 Å². The molecule has 4 rings (SSSR count). The fraction of sp³-hybridized carbons (Fsp3) is 0.441. The number of carbonyl (C=O) groups is 2. The molecule has 11 nitrogen and oxygen atoms in total. The molecule has 264 valence electrons. The van der Waals surface area contributed by atoms with Gasteiger partial charge in [-0.25, -0.2) is 23.4 Å². The number of carbonyl (C=O) groups excluding carboxylic acids is 2. The Labute approximate surface area is 284 Å². The maximum atomic E-state index is 12.7. The van der Waals surface area contributed by atoms with Crippen molar-refractivity contribution in [1.29, 1.82) is 0 Å². The van der Waals surface area contributed by atoms with Crippen molar-refractivity contribution in [1.82, 2.24) is 24.6 Å². The summed E-state index contributed by atoms with van der Waals surface area (Å²) in [4.78, 5) is 30.0. The number of anilines is 2. The molecule has 48 heavy (non-hydrogen) atoms. The van der Waals surface area contributed by atoms with Crippen LogP contribution in [0.4, 0.5) is 20.3 Å². The van der Waals surface area contributed by atoms with E-state index >= 15 is 0 Å². The summed E-state index contributed by atoms with van der Waals surface area (Å²) in [6.45, 7) is 13.2. The SMILES string of the molecule is CC.CCC(C)c1nn(-c2ccc(C)cc2)cc1NC.CCCN(C=O)CCO.O=Cc1coc(-c2ccnc(NCC(F)(F)P)c2)n1. The maximum Gasteiger partial charge on any atom is 0.275 e. The number of pyridine rings is 1. The lowest BCUT2D eigenvalue weighted by atomic mass is 10.0. The Morgan fingerprint density at radius 3 is 2.35 bits per heavy atom. The second-order valence-corrected chi connectivity index (χ2v) is 11.2. The monoisotopic (exact) mass is 689 g/mol. The number of rotatable bonds is 14. The number of aromatic nitrogens is 4. The molecule has 0 aliphatic heterocycles. The van der Waals surface area contributed by atoms with E-state index in [9.17, 15) is 18.4 Å².